The van der Waals surface area contributed by atoms with Gasteiger partial charge in [0, 0.05) is 36.6 Å². The Morgan fingerprint density at radius 2 is 1.81 bits per heavy atom. The second-order valence-corrected chi connectivity index (χ2v) is 11.6. The number of anilines is 1. The molecule has 4 N–H and O–H groups in total. The van der Waals surface area contributed by atoms with Crippen LogP contribution < -0.4 is 21.1 Å². The first-order valence-electron chi connectivity index (χ1n) is 14.2. The van der Waals surface area contributed by atoms with Gasteiger partial charge in [-0.05, 0) is 84.4 Å². The third-order valence-electron chi connectivity index (χ3n) is 5.94. The topological polar surface area (TPSA) is 157 Å². The number of aliphatic imine (C=N–C) groups is 1. The number of pyridine rings is 1. The Kier molecular flexibility index (Phi) is 17.6. The Morgan fingerprint density at radius 1 is 1.15 bits per heavy atom. The fourth-order valence-corrected chi connectivity index (χ4v) is 4.30. The van der Waals surface area contributed by atoms with E-state index in [1.165, 1.54) is 31.6 Å². The zero-order valence-corrected chi connectivity index (χ0v) is 28.4. The summed E-state index contributed by atoms with van der Waals surface area (Å²) in [7, 11) is 5.14. The van der Waals surface area contributed by atoms with Gasteiger partial charge in [-0.2, -0.15) is 27.0 Å². The van der Waals surface area contributed by atoms with Gasteiger partial charge in [-0.1, -0.05) is 0 Å². The van der Waals surface area contributed by atoms with Crippen LogP contribution in [-0.2, 0) is 4.74 Å². The summed E-state index contributed by atoms with van der Waals surface area (Å²) in [6.07, 6.45) is 1.62. The van der Waals surface area contributed by atoms with Crippen LogP contribution in [0.1, 0.15) is 48.4 Å². The lowest BCUT2D eigenvalue weighted by molar-refractivity contribution is 0.0605. The number of nitrogens with zero attached hydrogens (tertiary/aromatic N) is 5. The quantitative estimate of drug-likeness (QED) is 0.170. The number of ether oxygens (including phenoxy) is 2. The van der Waals surface area contributed by atoms with Gasteiger partial charge in [-0.25, -0.2) is 23.5 Å². The van der Waals surface area contributed by atoms with Crippen LogP contribution in [-0.4, -0.2) is 90.4 Å². The largest absolute Gasteiger partial charge is 0.479 e. The number of nitrogens with two attached hydrogens (primary N) is 1. The fraction of sp³-hybridized carbons (Fsp3) is 0.419. The first kappa shape index (κ1) is 40.9. The molecule has 2 aromatic heterocycles. The predicted molar refractivity (Wildman–Crippen MR) is 179 cm³/mol. The highest BCUT2D eigenvalue weighted by Crippen LogP contribution is 2.33. The lowest BCUT2D eigenvalue weighted by Gasteiger charge is -2.16. The Labute approximate surface area is 278 Å². The summed E-state index contributed by atoms with van der Waals surface area (Å²) >= 11 is 4.54. The van der Waals surface area contributed by atoms with E-state index in [1.807, 2.05) is 7.05 Å². The van der Waals surface area contributed by atoms with Crippen molar-refractivity contribution < 1.29 is 32.2 Å². The number of carbonyl (C=O) groups excluding carboxylic acids is 2. The number of thiol groups is 1. The number of rotatable bonds is 5. The van der Waals surface area contributed by atoms with Crippen LogP contribution in [0.15, 0.2) is 47.8 Å². The third-order valence-corrected chi connectivity index (χ3v) is 6.46. The van der Waals surface area contributed by atoms with Gasteiger partial charge in [0.25, 0.3) is 11.8 Å². The number of hydrogen-bond donors (Lipinski definition) is 4. The average Bonchev–Trinajstić information content (AvgIpc) is 3.36. The van der Waals surface area contributed by atoms with E-state index in [9.17, 15) is 22.8 Å². The van der Waals surface area contributed by atoms with Crippen LogP contribution in [0.3, 0.4) is 0 Å². The third kappa shape index (κ3) is 14.9. The fourth-order valence-electron chi connectivity index (χ4n) is 3.77. The number of benzene rings is 1. The summed E-state index contributed by atoms with van der Waals surface area (Å²) < 4.78 is 49.1. The number of carbonyl (C=O) groups is 2. The van der Waals surface area contributed by atoms with Gasteiger partial charge in [-0.15, -0.1) is 0 Å². The number of hydrogen-bond acceptors (Lipinski definition) is 11. The van der Waals surface area contributed by atoms with Crippen LogP contribution in [0, 0.1) is 24.4 Å². The zero-order chi connectivity index (χ0) is 35.7. The molecule has 0 bridgehead atoms. The number of amides is 2. The summed E-state index contributed by atoms with van der Waals surface area (Å²) in [5.74, 6) is -1.84. The minimum Gasteiger partial charge on any atom is -0.479 e. The predicted octanol–water partition coefficient (Wildman–Crippen LogP) is 4.62. The molecule has 0 radical (unpaired) electrons. The van der Waals surface area contributed by atoms with E-state index in [2.05, 4.69) is 59.6 Å². The molecule has 47 heavy (non-hydrogen) atoms. The van der Waals surface area contributed by atoms with Gasteiger partial charge in [-0.3, -0.25) is 4.79 Å². The Hall–Kier alpha value is -4.12. The number of nitrogens with one attached hydrogen (secondary N) is 2. The molecule has 1 saturated heterocycles. The van der Waals surface area contributed by atoms with E-state index in [4.69, 9.17) is 10.5 Å². The second kappa shape index (κ2) is 20.2. The molecule has 0 saturated carbocycles. The molecule has 3 aromatic rings. The molecule has 1 aliphatic rings. The monoisotopic (exact) mass is 680 g/mol. The lowest BCUT2D eigenvalue weighted by atomic mass is 9.96. The number of aromatic nitrogens is 3. The van der Waals surface area contributed by atoms with Gasteiger partial charge in [0.15, 0.2) is 0 Å². The number of likely N-dealkylation sites (N-methyl/N-ethyl adjacent to an activating group) is 1. The summed E-state index contributed by atoms with van der Waals surface area (Å²) in [5, 5.41) is 5.41. The van der Waals surface area contributed by atoms with Gasteiger partial charge in [0.05, 0.1) is 19.0 Å². The number of halogens is 3. The maximum absolute atomic E-state index is 14.2. The minimum absolute atomic E-state index is 0.00694. The minimum atomic E-state index is -0.623. The molecule has 3 heterocycles. The number of methoxy groups -OCH3 is 1. The molecule has 0 spiro atoms. The van der Waals surface area contributed by atoms with Gasteiger partial charge in [0.2, 0.25) is 5.82 Å². The SMILES string of the molecule is C=NC(=O)OC(C)(C)C.CN1CC(S)C(c2cc(NC(=O)c3ccc(F)cn3)ccc2F)C1.CNCN.COc1ncnc(C)c1F. The van der Waals surface area contributed by atoms with Crippen LogP contribution in [0.4, 0.5) is 23.7 Å². The molecular weight excluding hydrogens is 637 g/mol. The molecule has 2 atom stereocenters. The van der Waals surface area contributed by atoms with Crippen molar-refractivity contribution >= 4 is 37.0 Å². The molecule has 1 fully saturated rings. The van der Waals surface area contributed by atoms with Crippen molar-refractivity contribution in [3.63, 3.8) is 0 Å². The first-order chi connectivity index (χ1) is 22.1. The van der Waals surface area contributed by atoms with Crippen molar-refractivity contribution in [2.24, 2.45) is 10.7 Å². The molecule has 4 rings (SSSR count). The smallest absolute Gasteiger partial charge is 0.433 e. The normalized spacial score (nSPS) is 15.4. The van der Waals surface area contributed by atoms with Crippen LogP contribution in [0.5, 0.6) is 5.88 Å². The summed E-state index contributed by atoms with van der Waals surface area (Å²) in [6, 6.07) is 6.92. The van der Waals surface area contributed by atoms with E-state index in [1.54, 1.807) is 40.8 Å². The lowest BCUT2D eigenvalue weighted by Crippen LogP contribution is -2.21. The molecule has 1 aliphatic heterocycles. The molecule has 2 unspecified atom stereocenters. The molecule has 12 nitrogen and oxygen atoms in total. The maximum atomic E-state index is 14.2. The zero-order valence-electron chi connectivity index (χ0n) is 27.6. The maximum Gasteiger partial charge on any atom is 0.433 e. The van der Waals surface area contributed by atoms with Crippen molar-refractivity contribution in [1.82, 2.24) is 25.2 Å². The molecule has 16 heteroatoms. The summed E-state index contributed by atoms with van der Waals surface area (Å²) in [6.45, 7) is 12.0. The highest BCUT2D eigenvalue weighted by atomic mass is 32.1. The summed E-state index contributed by atoms with van der Waals surface area (Å²) in [4.78, 5) is 38.6. The first-order valence-corrected chi connectivity index (χ1v) is 14.7. The van der Waals surface area contributed by atoms with Crippen molar-refractivity contribution in [3.8, 4) is 5.88 Å². The van der Waals surface area contributed by atoms with E-state index in [0.717, 1.165) is 18.8 Å². The number of likely N-dealkylation sites (tertiary alicyclic amines) is 1. The van der Waals surface area contributed by atoms with E-state index >= 15 is 0 Å². The average molecular weight is 681 g/mol. The van der Waals surface area contributed by atoms with Crippen molar-refractivity contribution in [1.29, 1.82) is 0 Å². The summed E-state index contributed by atoms with van der Waals surface area (Å²) in [5.41, 5.74) is 5.85. The Balaban J connectivity index is 0.000000395. The molecule has 1 aromatic carbocycles. The number of aryl methyl sites for hydroxylation is 1. The van der Waals surface area contributed by atoms with Crippen LogP contribution >= 0.6 is 12.6 Å². The Morgan fingerprint density at radius 3 is 2.26 bits per heavy atom. The highest BCUT2D eigenvalue weighted by Gasteiger charge is 2.31. The van der Waals surface area contributed by atoms with Gasteiger partial charge < -0.3 is 30.7 Å². The standard InChI is InChI=1S/C17H17F2N3OS.C6H7FN2O.C6H11NO2.C2H8N2/c1-22-8-13(16(24)9-22)12-6-11(3-4-14(12)19)21-17(23)15-5-2-10(18)7-20-15;1-4-5(7)6(10-2)9-3-8-4;1-6(2,3)9-5(8)7-4;1-4-2-3/h2-7,13,16,24H,8-9H2,1H3,(H,21,23);3H,1-2H3;4H2,1-3H3;4H,2-3H2,1H3. The van der Waals surface area contributed by atoms with E-state index < -0.39 is 29.2 Å². The van der Waals surface area contributed by atoms with Gasteiger partial charge in [0.1, 0.15) is 29.3 Å². The van der Waals surface area contributed by atoms with Gasteiger partial charge >= 0.3 is 6.09 Å². The molecular formula is C31H43F3N8O4S. The molecule has 2 amide bonds. The van der Waals surface area contributed by atoms with Crippen LogP contribution in [0.2, 0.25) is 0 Å². The van der Waals surface area contributed by atoms with Crippen molar-refractivity contribution in [3.05, 3.63) is 77.3 Å². The van der Waals surface area contributed by atoms with E-state index in [-0.39, 0.29) is 28.6 Å². The van der Waals surface area contributed by atoms with Crippen molar-refractivity contribution in [2.45, 2.75) is 44.5 Å². The Bertz CT molecular complexity index is 1440. The van der Waals surface area contributed by atoms with Crippen molar-refractivity contribution in [2.75, 3.05) is 46.3 Å². The van der Waals surface area contributed by atoms with E-state index in [0.29, 0.717) is 30.2 Å². The second-order valence-electron chi connectivity index (χ2n) is 10.9. The molecule has 0 aliphatic carbocycles. The highest BCUT2D eigenvalue weighted by molar-refractivity contribution is 7.81. The van der Waals surface area contributed by atoms with Crippen LogP contribution in [0.25, 0.3) is 0 Å². The molecule has 258 valence electrons.